The maximum absolute atomic E-state index is 13.0. The van der Waals surface area contributed by atoms with E-state index in [1.807, 2.05) is 20.8 Å². The SMILES string of the molecule is CCCOc1ccc(NC(=O)C(C)(CC(C)C)OCCC)cc1C(=O)OCC. The predicted octanol–water partition coefficient (Wildman–Crippen LogP) is 4.82. The van der Waals surface area contributed by atoms with Gasteiger partial charge in [0, 0.05) is 12.3 Å². The number of amides is 1. The first-order chi connectivity index (χ1) is 13.3. The molecule has 0 aliphatic heterocycles. The second-order valence-corrected chi connectivity index (χ2v) is 7.41. The summed E-state index contributed by atoms with van der Waals surface area (Å²) in [4.78, 5) is 25.3. The van der Waals surface area contributed by atoms with Gasteiger partial charge in [0.1, 0.15) is 16.9 Å². The summed E-state index contributed by atoms with van der Waals surface area (Å²) in [5.74, 6) is 0.0431. The Morgan fingerprint density at radius 2 is 1.79 bits per heavy atom. The number of benzene rings is 1. The number of hydrogen-bond acceptors (Lipinski definition) is 5. The fraction of sp³-hybridized carbons (Fsp3) is 0.636. The largest absolute Gasteiger partial charge is 0.493 e. The molecule has 0 spiro atoms. The molecule has 28 heavy (non-hydrogen) atoms. The molecular weight excluding hydrogens is 358 g/mol. The van der Waals surface area contributed by atoms with Crippen molar-refractivity contribution < 1.29 is 23.8 Å². The first kappa shape index (κ1) is 24.0. The molecule has 1 atom stereocenters. The van der Waals surface area contributed by atoms with E-state index >= 15 is 0 Å². The molecule has 1 N–H and O–H groups in total. The van der Waals surface area contributed by atoms with Gasteiger partial charge in [0.05, 0.1) is 13.2 Å². The van der Waals surface area contributed by atoms with Gasteiger partial charge in [-0.2, -0.15) is 0 Å². The molecule has 0 aliphatic rings. The van der Waals surface area contributed by atoms with E-state index in [1.165, 1.54) is 0 Å². The molecule has 1 aromatic rings. The fourth-order valence-electron chi connectivity index (χ4n) is 2.90. The van der Waals surface area contributed by atoms with Crippen LogP contribution < -0.4 is 10.1 Å². The van der Waals surface area contributed by atoms with Gasteiger partial charge in [-0.05, 0) is 57.2 Å². The molecule has 0 heterocycles. The Labute approximate surface area is 168 Å². The lowest BCUT2D eigenvalue weighted by atomic mass is 9.93. The normalized spacial score (nSPS) is 13.1. The van der Waals surface area contributed by atoms with Crippen LogP contribution in [0.2, 0.25) is 0 Å². The van der Waals surface area contributed by atoms with Crippen molar-refractivity contribution in [2.45, 2.75) is 66.4 Å². The highest BCUT2D eigenvalue weighted by atomic mass is 16.5. The van der Waals surface area contributed by atoms with Gasteiger partial charge in [-0.15, -0.1) is 0 Å². The minimum Gasteiger partial charge on any atom is -0.493 e. The second-order valence-electron chi connectivity index (χ2n) is 7.41. The van der Waals surface area contributed by atoms with Crippen LogP contribution in [0.3, 0.4) is 0 Å². The lowest BCUT2D eigenvalue weighted by Gasteiger charge is -2.30. The van der Waals surface area contributed by atoms with Crippen LogP contribution in [0.5, 0.6) is 5.75 Å². The monoisotopic (exact) mass is 393 g/mol. The average Bonchev–Trinajstić information content (AvgIpc) is 2.64. The van der Waals surface area contributed by atoms with Crippen LogP contribution in [0.15, 0.2) is 18.2 Å². The van der Waals surface area contributed by atoms with Crippen LogP contribution in [0.25, 0.3) is 0 Å². The third-order valence-electron chi connectivity index (χ3n) is 4.10. The molecule has 158 valence electrons. The summed E-state index contributed by atoms with van der Waals surface area (Å²) >= 11 is 0. The van der Waals surface area contributed by atoms with Crippen molar-refractivity contribution in [3.05, 3.63) is 23.8 Å². The molecule has 0 radical (unpaired) electrons. The van der Waals surface area contributed by atoms with Gasteiger partial charge < -0.3 is 19.5 Å². The Morgan fingerprint density at radius 1 is 1.11 bits per heavy atom. The van der Waals surface area contributed by atoms with E-state index in [1.54, 1.807) is 25.1 Å². The van der Waals surface area contributed by atoms with Crippen LogP contribution in [0, 0.1) is 5.92 Å². The molecule has 1 aromatic carbocycles. The standard InChI is InChI=1S/C22H35NO5/c1-7-12-27-19-11-10-17(14-18(19)20(24)26-9-3)23-21(25)22(6,15-16(4)5)28-13-8-2/h10-11,14,16H,7-9,12-13,15H2,1-6H3,(H,23,25). The molecule has 0 aromatic heterocycles. The van der Waals surface area contributed by atoms with Crippen molar-refractivity contribution in [2.24, 2.45) is 5.92 Å². The Bertz CT molecular complexity index is 644. The van der Waals surface area contributed by atoms with Gasteiger partial charge in [0.2, 0.25) is 0 Å². The van der Waals surface area contributed by atoms with E-state index in [9.17, 15) is 9.59 Å². The summed E-state index contributed by atoms with van der Waals surface area (Å²) < 4.78 is 16.7. The molecule has 1 unspecified atom stereocenters. The van der Waals surface area contributed by atoms with Crippen LogP contribution in [-0.4, -0.2) is 37.3 Å². The van der Waals surface area contributed by atoms with E-state index in [2.05, 4.69) is 19.2 Å². The third-order valence-corrected chi connectivity index (χ3v) is 4.10. The van der Waals surface area contributed by atoms with Crippen LogP contribution in [0.4, 0.5) is 5.69 Å². The van der Waals surface area contributed by atoms with Gasteiger partial charge in [-0.3, -0.25) is 4.79 Å². The second kappa shape index (κ2) is 11.7. The summed E-state index contributed by atoms with van der Waals surface area (Å²) in [5, 5.41) is 2.89. The predicted molar refractivity (Wildman–Crippen MR) is 111 cm³/mol. The number of carbonyl (C=O) groups excluding carboxylic acids is 2. The molecule has 1 amide bonds. The summed E-state index contributed by atoms with van der Waals surface area (Å²) in [7, 11) is 0. The highest BCUT2D eigenvalue weighted by Gasteiger charge is 2.35. The molecule has 6 heteroatoms. The van der Waals surface area contributed by atoms with Gasteiger partial charge in [-0.1, -0.05) is 27.7 Å². The van der Waals surface area contributed by atoms with Gasteiger partial charge in [0.25, 0.3) is 5.91 Å². The van der Waals surface area contributed by atoms with E-state index in [0.717, 1.165) is 12.8 Å². The smallest absolute Gasteiger partial charge is 0.341 e. The van der Waals surface area contributed by atoms with Gasteiger partial charge in [0.15, 0.2) is 0 Å². The molecule has 1 rings (SSSR count). The molecule has 6 nitrogen and oxygen atoms in total. The van der Waals surface area contributed by atoms with Gasteiger partial charge >= 0.3 is 5.97 Å². The number of anilines is 1. The Balaban J connectivity index is 3.09. The summed E-state index contributed by atoms with van der Waals surface area (Å²) in [5.41, 5.74) is -0.133. The number of esters is 1. The number of hydrogen-bond donors (Lipinski definition) is 1. The van der Waals surface area contributed by atoms with Crippen molar-refractivity contribution in [3.63, 3.8) is 0 Å². The lowest BCUT2D eigenvalue weighted by Crippen LogP contribution is -2.44. The molecule has 0 saturated carbocycles. The van der Waals surface area contributed by atoms with E-state index in [0.29, 0.717) is 42.6 Å². The van der Waals surface area contributed by atoms with Crippen LogP contribution >= 0.6 is 0 Å². The molecule has 0 saturated heterocycles. The van der Waals surface area contributed by atoms with Gasteiger partial charge in [-0.25, -0.2) is 4.79 Å². The number of ether oxygens (including phenoxy) is 3. The summed E-state index contributed by atoms with van der Waals surface area (Å²) in [6.45, 7) is 12.9. The zero-order valence-corrected chi connectivity index (χ0v) is 18.1. The van der Waals surface area contributed by atoms with Crippen molar-refractivity contribution in [1.82, 2.24) is 0 Å². The zero-order valence-electron chi connectivity index (χ0n) is 18.1. The highest BCUT2D eigenvalue weighted by Crippen LogP contribution is 2.27. The average molecular weight is 394 g/mol. The minimum absolute atomic E-state index is 0.230. The number of rotatable bonds is 12. The van der Waals surface area contributed by atoms with E-state index in [4.69, 9.17) is 14.2 Å². The van der Waals surface area contributed by atoms with Crippen molar-refractivity contribution in [2.75, 3.05) is 25.1 Å². The first-order valence-electron chi connectivity index (χ1n) is 10.2. The summed E-state index contributed by atoms with van der Waals surface area (Å²) in [6.07, 6.45) is 2.25. The van der Waals surface area contributed by atoms with E-state index in [-0.39, 0.29) is 12.5 Å². The van der Waals surface area contributed by atoms with Crippen LogP contribution in [-0.2, 0) is 14.3 Å². The number of carbonyl (C=O) groups is 2. The molecule has 0 bridgehead atoms. The maximum Gasteiger partial charge on any atom is 0.341 e. The molecule has 0 aliphatic carbocycles. The first-order valence-corrected chi connectivity index (χ1v) is 10.2. The zero-order chi connectivity index (χ0) is 21.2. The molecule has 0 fully saturated rings. The van der Waals surface area contributed by atoms with Crippen molar-refractivity contribution >= 4 is 17.6 Å². The third kappa shape index (κ3) is 7.15. The van der Waals surface area contributed by atoms with Crippen molar-refractivity contribution in [1.29, 1.82) is 0 Å². The Kier molecular flexibility index (Phi) is 10.0. The quantitative estimate of drug-likeness (QED) is 0.515. The Morgan fingerprint density at radius 3 is 2.36 bits per heavy atom. The topological polar surface area (TPSA) is 73.9 Å². The molecular formula is C22H35NO5. The maximum atomic E-state index is 13.0. The Hall–Kier alpha value is -2.08. The summed E-state index contributed by atoms with van der Waals surface area (Å²) in [6, 6.07) is 5.00. The fourth-order valence-corrected chi connectivity index (χ4v) is 2.90. The minimum atomic E-state index is -0.939. The van der Waals surface area contributed by atoms with Crippen LogP contribution in [0.1, 0.15) is 71.2 Å². The van der Waals surface area contributed by atoms with E-state index < -0.39 is 11.6 Å². The number of nitrogens with one attached hydrogen (secondary N) is 1. The lowest BCUT2D eigenvalue weighted by molar-refractivity contribution is -0.141. The van der Waals surface area contributed by atoms with Crippen molar-refractivity contribution in [3.8, 4) is 5.75 Å². The highest BCUT2D eigenvalue weighted by molar-refractivity contribution is 5.99.